The predicted octanol–water partition coefficient (Wildman–Crippen LogP) is 3.27. The summed E-state index contributed by atoms with van der Waals surface area (Å²) in [7, 11) is 4.11. The smallest absolute Gasteiger partial charge is 0.151 e. The first-order valence-corrected chi connectivity index (χ1v) is 6.45. The summed E-state index contributed by atoms with van der Waals surface area (Å²) < 4.78 is 0. The Morgan fingerprint density at radius 1 is 1.05 bits per heavy atom. The third-order valence-corrected chi connectivity index (χ3v) is 2.91. The van der Waals surface area contributed by atoms with Crippen LogP contribution in [0.25, 0.3) is 11.3 Å². The maximum absolute atomic E-state index is 4.28. The molecule has 0 bridgehead atoms. The van der Waals surface area contributed by atoms with Gasteiger partial charge >= 0.3 is 0 Å². The van der Waals surface area contributed by atoms with Gasteiger partial charge in [-0.05, 0) is 32.6 Å². The zero-order valence-electron chi connectivity index (χ0n) is 12.5. The molecule has 4 nitrogen and oxygen atoms in total. The SMILES string of the molecule is Cc1cc(-c2ccccc2)nnc1NCCN(C)C.Cl.Cl. The molecule has 0 unspecified atom stereocenters. The van der Waals surface area contributed by atoms with Crippen LogP contribution < -0.4 is 5.32 Å². The molecule has 0 saturated heterocycles. The fraction of sp³-hybridized carbons (Fsp3) is 0.333. The van der Waals surface area contributed by atoms with Crippen LogP contribution >= 0.6 is 24.8 Å². The van der Waals surface area contributed by atoms with Crippen molar-refractivity contribution in [2.45, 2.75) is 6.92 Å². The second kappa shape index (κ2) is 9.55. The molecule has 0 atom stereocenters. The molecule has 116 valence electrons. The highest BCUT2D eigenvalue weighted by atomic mass is 35.5. The van der Waals surface area contributed by atoms with Crippen molar-refractivity contribution in [1.82, 2.24) is 15.1 Å². The van der Waals surface area contributed by atoms with Gasteiger partial charge in [0, 0.05) is 18.7 Å². The lowest BCUT2D eigenvalue weighted by atomic mass is 10.1. The van der Waals surface area contributed by atoms with E-state index in [4.69, 9.17) is 0 Å². The molecule has 0 aliphatic heterocycles. The Balaban J connectivity index is 0.00000200. The summed E-state index contributed by atoms with van der Waals surface area (Å²) in [5, 5.41) is 11.9. The van der Waals surface area contributed by atoms with Crippen molar-refractivity contribution in [3.8, 4) is 11.3 Å². The number of anilines is 1. The van der Waals surface area contributed by atoms with Crippen molar-refractivity contribution in [3.63, 3.8) is 0 Å². The predicted molar refractivity (Wildman–Crippen MR) is 93.7 cm³/mol. The highest BCUT2D eigenvalue weighted by Crippen LogP contribution is 2.19. The van der Waals surface area contributed by atoms with Crippen LogP contribution in [0, 0.1) is 6.92 Å². The number of rotatable bonds is 5. The summed E-state index contributed by atoms with van der Waals surface area (Å²) in [5.74, 6) is 0.863. The molecule has 6 heteroatoms. The number of aromatic nitrogens is 2. The highest BCUT2D eigenvalue weighted by Gasteiger charge is 2.04. The van der Waals surface area contributed by atoms with Crippen molar-refractivity contribution < 1.29 is 0 Å². The second-order valence-electron chi connectivity index (χ2n) is 4.86. The average Bonchev–Trinajstić information content (AvgIpc) is 2.41. The largest absolute Gasteiger partial charge is 0.367 e. The number of likely N-dealkylation sites (N-methyl/N-ethyl adjacent to an activating group) is 1. The van der Waals surface area contributed by atoms with Crippen molar-refractivity contribution in [1.29, 1.82) is 0 Å². The molecular formula is C15H22Cl2N4. The highest BCUT2D eigenvalue weighted by molar-refractivity contribution is 5.85. The van der Waals surface area contributed by atoms with E-state index in [0.717, 1.165) is 35.7 Å². The monoisotopic (exact) mass is 328 g/mol. The summed E-state index contributed by atoms with van der Waals surface area (Å²) in [4.78, 5) is 2.13. The van der Waals surface area contributed by atoms with E-state index in [0.29, 0.717) is 0 Å². The van der Waals surface area contributed by atoms with E-state index in [-0.39, 0.29) is 24.8 Å². The van der Waals surface area contributed by atoms with E-state index in [9.17, 15) is 0 Å². The normalized spacial score (nSPS) is 9.71. The Bertz CT molecular complexity index is 532. The lowest BCUT2D eigenvalue weighted by Gasteiger charge is -2.12. The van der Waals surface area contributed by atoms with E-state index in [1.165, 1.54) is 0 Å². The lowest BCUT2D eigenvalue weighted by molar-refractivity contribution is 0.425. The van der Waals surface area contributed by atoms with Gasteiger partial charge in [-0.3, -0.25) is 0 Å². The van der Waals surface area contributed by atoms with E-state index < -0.39 is 0 Å². The topological polar surface area (TPSA) is 41.1 Å². The van der Waals surface area contributed by atoms with Crippen molar-refractivity contribution in [2.75, 3.05) is 32.5 Å². The van der Waals surface area contributed by atoms with Gasteiger partial charge in [0.25, 0.3) is 0 Å². The fourth-order valence-corrected chi connectivity index (χ4v) is 1.81. The van der Waals surface area contributed by atoms with Crippen LogP contribution in [0.2, 0.25) is 0 Å². The molecule has 0 fully saturated rings. The molecule has 1 heterocycles. The number of benzene rings is 1. The molecule has 0 saturated carbocycles. The second-order valence-corrected chi connectivity index (χ2v) is 4.86. The summed E-state index contributed by atoms with van der Waals surface area (Å²) in [6.07, 6.45) is 0. The van der Waals surface area contributed by atoms with E-state index in [2.05, 4.69) is 47.5 Å². The van der Waals surface area contributed by atoms with Crippen molar-refractivity contribution >= 4 is 30.6 Å². The Hall–Kier alpha value is -1.36. The standard InChI is InChI=1S/C15H20N4.2ClH/c1-12-11-14(13-7-5-4-6-8-13)17-18-15(12)16-9-10-19(2)3;;/h4-8,11H,9-10H2,1-3H3,(H,16,18);2*1H. The molecule has 1 aromatic heterocycles. The Labute approximate surface area is 138 Å². The molecule has 0 aliphatic carbocycles. The minimum absolute atomic E-state index is 0. The van der Waals surface area contributed by atoms with Crippen LogP contribution in [-0.2, 0) is 0 Å². The Morgan fingerprint density at radius 2 is 1.71 bits per heavy atom. The summed E-state index contributed by atoms with van der Waals surface area (Å²) in [5.41, 5.74) is 3.13. The third-order valence-electron chi connectivity index (χ3n) is 2.91. The molecule has 1 N–H and O–H groups in total. The van der Waals surface area contributed by atoms with Crippen LogP contribution in [0.3, 0.4) is 0 Å². The van der Waals surface area contributed by atoms with Crippen LogP contribution in [0.5, 0.6) is 0 Å². The summed E-state index contributed by atoms with van der Waals surface area (Å²) >= 11 is 0. The quantitative estimate of drug-likeness (QED) is 0.914. The maximum atomic E-state index is 4.28. The van der Waals surface area contributed by atoms with E-state index in [1.807, 2.05) is 30.3 Å². The summed E-state index contributed by atoms with van der Waals surface area (Å²) in [6, 6.07) is 12.2. The zero-order chi connectivity index (χ0) is 13.7. The van der Waals surface area contributed by atoms with E-state index in [1.54, 1.807) is 0 Å². The van der Waals surface area contributed by atoms with Crippen LogP contribution in [0.4, 0.5) is 5.82 Å². The van der Waals surface area contributed by atoms with Gasteiger partial charge in [0.15, 0.2) is 5.82 Å². The van der Waals surface area contributed by atoms with Gasteiger partial charge in [-0.15, -0.1) is 35.0 Å². The fourth-order valence-electron chi connectivity index (χ4n) is 1.81. The molecule has 0 spiro atoms. The zero-order valence-corrected chi connectivity index (χ0v) is 14.2. The van der Waals surface area contributed by atoms with Gasteiger partial charge in [0.2, 0.25) is 0 Å². The van der Waals surface area contributed by atoms with Crippen LogP contribution in [0.15, 0.2) is 36.4 Å². The van der Waals surface area contributed by atoms with Gasteiger partial charge in [0.1, 0.15) is 0 Å². The Kier molecular flexibility index (Phi) is 8.93. The van der Waals surface area contributed by atoms with Crippen molar-refractivity contribution in [3.05, 3.63) is 42.0 Å². The summed E-state index contributed by atoms with van der Waals surface area (Å²) in [6.45, 7) is 3.90. The third kappa shape index (κ3) is 5.87. The molecule has 2 aromatic rings. The van der Waals surface area contributed by atoms with Gasteiger partial charge in [0.05, 0.1) is 5.69 Å². The van der Waals surface area contributed by atoms with Gasteiger partial charge in [-0.2, -0.15) is 0 Å². The molecule has 0 amide bonds. The minimum Gasteiger partial charge on any atom is -0.367 e. The molecule has 0 radical (unpaired) electrons. The van der Waals surface area contributed by atoms with Crippen LogP contribution in [0.1, 0.15) is 5.56 Å². The van der Waals surface area contributed by atoms with Crippen molar-refractivity contribution in [2.24, 2.45) is 0 Å². The number of nitrogens with zero attached hydrogens (tertiary/aromatic N) is 3. The first-order valence-electron chi connectivity index (χ1n) is 6.45. The first kappa shape index (κ1) is 19.6. The maximum Gasteiger partial charge on any atom is 0.151 e. The number of aryl methyl sites for hydroxylation is 1. The molecule has 2 rings (SSSR count). The molecule has 1 aromatic carbocycles. The number of hydrogen-bond donors (Lipinski definition) is 1. The van der Waals surface area contributed by atoms with Gasteiger partial charge in [-0.25, -0.2) is 0 Å². The molecular weight excluding hydrogens is 307 g/mol. The minimum atomic E-state index is 0. The average molecular weight is 329 g/mol. The molecule has 21 heavy (non-hydrogen) atoms. The Morgan fingerprint density at radius 3 is 2.29 bits per heavy atom. The number of nitrogens with one attached hydrogen (secondary N) is 1. The van der Waals surface area contributed by atoms with Gasteiger partial charge < -0.3 is 10.2 Å². The number of halogens is 2. The lowest BCUT2D eigenvalue weighted by Crippen LogP contribution is -2.21. The number of hydrogen-bond acceptors (Lipinski definition) is 4. The van der Waals surface area contributed by atoms with Crippen LogP contribution in [-0.4, -0.2) is 42.3 Å². The van der Waals surface area contributed by atoms with E-state index >= 15 is 0 Å². The first-order chi connectivity index (χ1) is 9.16. The molecule has 0 aliphatic rings. The van der Waals surface area contributed by atoms with Gasteiger partial charge in [-0.1, -0.05) is 30.3 Å².